The Morgan fingerprint density at radius 1 is 0.482 bits per heavy atom. The van der Waals surface area contributed by atoms with Crippen molar-refractivity contribution < 1.29 is 13.6 Å². The number of nitrogens with zero attached hydrogens (tertiary/aromatic N) is 4. The summed E-state index contributed by atoms with van der Waals surface area (Å²) in [6, 6.07) is 51.0. The van der Waals surface area contributed by atoms with Gasteiger partial charge in [-0.05, 0) is 114 Å². The maximum atomic E-state index is 6.65. The molecule has 0 atom stereocenters. The minimum Gasteiger partial charge on any atom is -0.453 e. The molecule has 0 amide bonds. The van der Waals surface area contributed by atoms with Gasteiger partial charge in [0.2, 0.25) is 11.4 Å². The number of furan rings is 2. The Labute approximate surface area is 321 Å². The summed E-state index contributed by atoms with van der Waals surface area (Å²) in [6.07, 6.45) is 3.56. The van der Waals surface area contributed by atoms with Crippen molar-refractivity contribution in [3.05, 3.63) is 169 Å². The summed E-state index contributed by atoms with van der Waals surface area (Å²) in [7, 11) is 0. The number of anilines is 6. The predicted molar refractivity (Wildman–Crippen MR) is 224 cm³/mol. The van der Waals surface area contributed by atoms with Gasteiger partial charge in [-0.15, -0.1) is 0 Å². The molecule has 0 aliphatic carbocycles. The molecule has 0 spiro atoms. The zero-order valence-electron chi connectivity index (χ0n) is 30.5. The second-order valence-electron chi connectivity index (χ2n) is 15.0. The second kappa shape index (κ2) is 11.3. The third-order valence-corrected chi connectivity index (χ3v) is 11.6. The number of benzene rings is 6. The van der Waals surface area contributed by atoms with Crippen molar-refractivity contribution >= 4 is 78.3 Å². The third-order valence-electron chi connectivity index (χ3n) is 11.6. The molecule has 6 aromatic carbocycles. The largest absolute Gasteiger partial charge is 0.453 e. The number of aromatic nitrogens is 2. The van der Waals surface area contributed by atoms with Gasteiger partial charge >= 0.3 is 0 Å². The van der Waals surface area contributed by atoms with Gasteiger partial charge in [-0.2, -0.15) is 0 Å². The van der Waals surface area contributed by atoms with Gasteiger partial charge in [0.25, 0.3) is 0 Å². The Morgan fingerprint density at radius 2 is 1.11 bits per heavy atom. The van der Waals surface area contributed by atoms with Gasteiger partial charge in [0.05, 0.1) is 22.7 Å². The molecule has 0 radical (unpaired) electrons. The van der Waals surface area contributed by atoms with E-state index in [0.29, 0.717) is 11.4 Å². The number of hydrogen-bond acceptors (Lipinski definition) is 7. The highest BCUT2D eigenvalue weighted by atomic mass is 16.5. The average molecular weight is 725 g/mol. The fourth-order valence-electron chi connectivity index (χ4n) is 8.91. The lowest BCUT2D eigenvalue weighted by molar-refractivity contribution is 0.477. The zero-order chi connectivity index (χ0) is 37.1. The minimum absolute atomic E-state index is 0.316. The van der Waals surface area contributed by atoms with Crippen molar-refractivity contribution in [2.24, 2.45) is 0 Å². The molecule has 7 heteroatoms. The van der Waals surface area contributed by atoms with Gasteiger partial charge in [-0.25, -0.2) is 9.97 Å². The molecule has 12 rings (SSSR count). The van der Waals surface area contributed by atoms with Crippen molar-refractivity contribution in [2.45, 2.75) is 19.3 Å². The van der Waals surface area contributed by atoms with Crippen molar-refractivity contribution in [1.29, 1.82) is 0 Å². The Kier molecular flexibility index (Phi) is 6.27. The van der Waals surface area contributed by atoms with E-state index in [-0.39, 0.29) is 5.41 Å². The van der Waals surface area contributed by atoms with Crippen molar-refractivity contribution in [2.75, 3.05) is 9.80 Å². The zero-order valence-corrected chi connectivity index (χ0v) is 30.5. The van der Waals surface area contributed by atoms with Crippen LogP contribution in [-0.4, -0.2) is 9.97 Å². The molecule has 266 valence electrons. The summed E-state index contributed by atoms with van der Waals surface area (Å²) >= 11 is 0. The quantitative estimate of drug-likeness (QED) is 0.180. The van der Waals surface area contributed by atoms with E-state index in [2.05, 4.69) is 143 Å². The molecule has 0 saturated heterocycles. The summed E-state index contributed by atoms with van der Waals surface area (Å²) in [5, 5.41) is 4.01. The number of hydrogen-bond donors (Lipinski definition) is 0. The van der Waals surface area contributed by atoms with E-state index in [1.807, 2.05) is 36.4 Å². The van der Waals surface area contributed by atoms with Crippen molar-refractivity contribution in [1.82, 2.24) is 9.97 Å². The predicted octanol–water partition coefficient (Wildman–Crippen LogP) is 13.6. The van der Waals surface area contributed by atoms with Gasteiger partial charge in [-0.1, -0.05) is 62.4 Å². The number of fused-ring (bicyclic) bond motifs is 10. The number of pyridine rings is 2. The van der Waals surface area contributed by atoms with E-state index >= 15 is 0 Å². The van der Waals surface area contributed by atoms with Crippen LogP contribution in [0.5, 0.6) is 11.5 Å². The molecule has 56 heavy (non-hydrogen) atoms. The highest BCUT2D eigenvalue weighted by molar-refractivity contribution is 6.11. The lowest BCUT2D eigenvalue weighted by atomic mass is 9.73. The molecule has 2 aliphatic heterocycles. The van der Waals surface area contributed by atoms with Crippen molar-refractivity contribution in [3.63, 3.8) is 0 Å². The highest BCUT2D eigenvalue weighted by Gasteiger charge is 2.37. The molecule has 6 heterocycles. The molecule has 0 saturated carbocycles. The molecule has 4 aromatic heterocycles. The molecule has 0 unspecified atom stereocenters. The van der Waals surface area contributed by atoms with Crippen LogP contribution in [0.4, 0.5) is 34.1 Å². The normalized spacial score (nSPS) is 14.1. The summed E-state index contributed by atoms with van der Waals surface area (Å²) in [5.74, 6) is 1.61. The van der Waals surface area contributed by atoms with Gasteiger partial charge in [-0.3, -0.25) is 0 Å². The molecule has 0 N–H and O–H groups in total. The second-order valence-corrected chi connectivity index (χ2v) is 15.0. The number of para-hydroxylation sites is 5. The molecule has 2 aliphatic rings. The lowest BCUT2D eigenvalue weighted by Crippen LogP contribution is -2.30. The first-order chi connectivity index (χ1) is 27.5. The topological polar surface area (TPSA) is 67.8 Å². The maximum absolute atomic E-state index is 6.65. The van der Waals surface area contributed by atoms with Gasteiger partial charge < -0.3 is 23.4 Å². The standard InChI is InChI=1S/C49H32N4O3/c1-49(2)37-13-3-4-14-39(37)52(30-20-22-43-35(26-30)32-11-9-23-50-47(32)55-43)40-21-19-29(25-38(40)49)34-27-31(28-36-33-12-10-24-51-48(33)56-46(34)36)53-41-15-5-7-17-44(41)54-45-18-8-6-16-42(45)53/h3-28H,1-2H3. The molecular weight excluding hydrogens is 693 g/mol. The van der Waals surface area contributed by atoms with Crippen LogP contribution in [0.3, 0.4) is 0 Å². The smallest absolute Gasteiger partial charge is 0.227 e. The summed E-state index contributed by atoms with van der Waals surface area (Å²) in [5.41, 5.74) is 13.3. The minimum atomic E-state index is -0.316. The Bertz CT molecular complexity index is 3200. The van der Waals surface area contributed by atoms with E-state index in [4.69, 9.17) is 13.6 Å². The SMILES string of the molecule is CC1(C)c2ccccc2N(c2ccc3oc4ncccc4c3c2)c2ccc(-c3cc(N4c5ccccc5Oc5ccccc54)cc4c3oc3ncccc34)cc21. The highest BCUT2D eigenvalue weighted by Crippen LogP contribution is 2.55. The first kappa shape index (κ1) is 31.0. The van der Waals surface area contributed by atoms with Gasteiger partial charge in [0.1, 0.15) is 11.2 Å². The third kappa shape index (κ3) is 4.33. The van der Waals surface area contributed by atoms with E-state index in [1.54, 1.807) is 12.4 Å². The van der Waals surface area contributed by atoms with Crippen LogP contribution in [0.2, 0.25) is 0 Å². The summed E-state index contributed by atoms with van der Waals surface area (Å²) < 4.78 is 19.2. The van der Waals surface area contributed by atoms with E-state index < -0.39 is 0 Å². The van der Waals surface area contributed by atoms with E-state index in [9.17, 15) is 0 Å². The average Bonchev–Trinajstić information content (AvgIpc) is 3.81. The molecule has 7 nitrogen and oxygen atoms in total. The Balaban J connectivity index is 1.10. The van der Waals surface area contributed by atoms with Gasteiger partial charge in [0, 0.05) is 56.3 Å². The summed E-state index contributed by atoms with van der Waals surface area (Å²) in [6.45, 7) is 4.64. The summed E-state index contributed by atoms with van der Waals surface area (Å²) in [4.78, 5) is 13.8. The van der Waals surface area contributed by atoms with Crippen LogP contribution in [0, 0.1) is 0 Å². The van der Waals surface area contributed by atoms with E-state index in [1.165, 1.54) is 11.1 Å². The molecule has 0 bridgehead atoms. The molecular formula is C49H32N4O3. The number of rotatable bonds is 3. The first-order valence-electron chi connectivity index (χ1n) is 18.8. The van der Waals surface area contributed by atoms with Crippen LogP contribution in [0.1, 0.15) is 25.0 Å². The lowest BCUT2D eigenvalue weighted by Gasteiger charge is -2.42. The first-order valence-corrected chi connectivity index (χ1v) is 18.8. The van der Waals surface area contributed by atoms with E-state index in [0.717, 1.165) is 89.5 Å². The fraction of sp³-hybridized carbons (Fsp3) is 0.0612. The maximum Gasteiger partial charge on any atom is 0.227 e. The van der Waals surface area contributed by atoms with Crippen LogP contribution in [-0.2, 0) is 5.41 Å². The fourth-order valence-corrected chi connectivity index (χ4v) is 8.91. The van der Waals surface area contributed by atoms with Gasteiger partial charge in [0.15, 0.2) is 11.5 Å². The Morgan fingerprint density at radius 3 is 1.88 bits per heavy atom. The van der Waals surface area contributed by atoms with Crippen LogP contribution < -0.4 is 14.5 Å². The molecule has 10 aromatic rings. The van der Waals surface area contributed by atoms with Crippen LogP contribution in [0.15, 0.2) is 167 Å². The van der Waals surface area contributed by atoms with Crippen LogP contribution >= 0.6 is 0 Å². The monoisotopic (exact) mass is 724 g/mol. The van der Waals surface area contributed by atoms with Crippen LogP contribution in [0.25, 0.3) is 55.3 Å². The molecule has 0 fully saturated rings. The Hall–Kier alpha value is -7.38. The number of ether oxygens (including phenoxy) is 1. The van der Waals surface area contributed by atoms with Crippen molar-refractivity contribution in [3.8, 4) is 22.6 Å².